The van der Waals surface area contributed by atoms with Gasteiger partial charge in [0, 0.05) is 18.2 Å². The number of hydrogen-bond acceptors (Lipinski definition) is 3. The fourth-order valence-corrected chi connectivity index (χ4v) is 1.88. The molecule has 1 aromatic carbocycles. The van der Waals surface area contributed by atoms with Gasteiger partial charge in [-0.15, -0.1) is 0 Å². The average molecular weight is 223 g/mol. The van der Waals surface area contributed by atoms with E-state index in [-0.39, 0.29) is 12.6 Å². The zero-order chi connectivity index (χ0) is 12.0. The van der Waals surface area contributed by atoms with Crippen LogP contribution < -0.4 is 10.1 Å². The van der Waals surface area contributed by atoms with E-state index in [1.807, 2.05) is 19.2 Å². The molecular weight excluding hydrogens is 202 g/mol. The van der Waals surface area contributed by atoms with Gasteiger partial charge in [-0.1, -0.05) is 17.7 Å². The lowest BCUT2D eigenvalue weighted by Crippen LogP contribution is -2.17. The highest BCUT2D eigenvalue weighted by Gasteiger charge is 2.13. The van der Waals surface area contributed by atoms with Crippen molar-refractivity contribution in [2.45, 2.75) is 25.8 Å². The lowest BCUT2D eigenvalue weighted by Gasteiger charge is -2.19. The molecule has 16 heavy (non-hydrogen) atoms. The van der Waals surface area contributed by atoms with E-state index in [1.54, 1.807) is 7.11 Å². The fraction of sp³-hybridized carbons (Fsp3) is 0.538. The van der Waals surface area contributed by atoms with E-state index in [0.717, 1.165) is 18.6 Å². The van der Waals surface area contributed by atoms with Crippen molar-refractivity contribution in [1.82, 2.24) is 5.32 Å². The van der Waals surface area contributed by atoms with Gasteiger partial charge in [0.1, 0.15) is 5.75 Å². The summed E-state index contributed by atoms with van der Waals surface area (Å²) < 4.78 is 5.36. The Balaban J connectivity index is 2.92. The lowest BCUT2D eigenvalue weighted by atomic mass is 9.99. The van der Waals surface area contributed by atoms with E-state index >= 15 is 0 Å². The van der Waals surface area contributed by atoms with Crippen LogP contribution in [0.15, 0.2) is 18.2 Å². The van der Waals surface area contributed by atoms with Crippen LogP contribution in [-0.2, 0) is 0 Å². The summed E-state index contributed by atoms with van der Waals surface area (Å²) in [6, 6.07) is 6.41. The molecule has 0 aliphatic carbocycles. The Kier molecular flexibility index (Phi) is 5.29. The van der Waals surface area contributed by atoms with Crippen LogP contribution in [0.3, 0.4) is 0 Å². The van der Waals surface area contributed by atoms with Crippen molar-refractivity contribution in [3.05, 3.63) is 29.3 Å². The molecule has 0 radical (unpaired) electrons. The zero-order valence-electron chi connectivity index (χ0n) is 10.3. The minimum absolute atomic E-state index is 0.228. The number of aryl methyl sites for hydroxylation is 1. The van der Waals surface area contributed by atoms with Crippen LogP contribution in [0.4, 0.5) is 0 Å². The first-order chi connectivity index (χ1) is 7.72. The number of aliphatic hydroxyl groups excluding tert-OH is 1. The van der Waals surface area contributed by atoms with E-state index in [4.69, 9.17) is 9.84 Å². The van der Waals surface area contributed by atoms with Gasteiger partial charge >= 0.3 is 0 Å². The third-order valence-electron chi connectivity index (χ3n) is 2.76. The number of nitrogens with one attached hydrogen (secondary N) is 1. The molecular formula is C13H21NO2. The summed E-state index contributed by atoms with van der Waals surface area (Å²) in [5.41, 5.74) is 2.39. The molecule has 0 fully saturated rings. The Hall–Kier alpha value is -1.06. The molecule has 0 aromatic heterocycles. The van der Waals surface area contributed by atoms with E-state index < -0.39 is 0 Å². The summed E-state index contributed by atoms with van der Waals surface area (Å²) in [5, 5.41) is 12.1. The van der Waals surface area contributed by atoms with Crippen LogP contribution in [0.5, 0.6) is 5.75 Å². The Morgan fingerprint density at radius 3 is 2.75 bits per heavy atom. The minimum atomic E-state index is 0.228. The van der Waals surface area contributed by atoms with Gasteiger partial charge in [-0.3, -0.25) is 0 Å². The molecule has 1 rings (SSSR count). The maximum absolute atomic E-state index is 8.88. The quantitative estimate of drug-likeness (QED) is 0.775. The summed E-state index contributed by atoms with van der Waals surface area (Å²) in [7, 11) is 3.62. The third-order valence-corrected chi connectivity index (χ3v) is 2.76. The Morgan fingerprint density at radius 2 is 2.19 bits per heavy atom. The van der Waals surface area contributed by atoms with Crippen molar-refractivity contribution in [3.63, 3.8) is 0 Å². The van der Waals surface area contributed by atoms with Crippen LogP contribution in [0, 0.1) is 6.92 Å². The average Bonchev–Trinajstić information content (AvgIpc) is 2.30. The summed E-state index contributed by atoms with van der Waals surface area (Å²) >= 11 is 0. The van der Waals surface area contributed by atoms with Gasteiger partial charge in [-0.05, 0) is 32.9 Å². The molecule has 1 atom stereocenters. The maximum atomic E-state index is 8.88. The predicted molar refractivity (Wildman–Crippen MR) is 65.9 cm³/mol. The van der Waals surface area contributed by atoms with Crippen molar-refractivity contribution in [1.29, 1.82) is 0 Å². The molecule has 0 bridgehead atoms. The van der Waals surface area contributed by atoms with Gasteiger partial charge in [0.25, 0.3) is 0 Å². The smallest absolute Gasteiger partial charge is 0.123 e. The monoisotopic (exact) mass is 223 g/mol. The molecule has 0 saturated heterocycles. The van der Waals surface area contributed by atoms with Crippen LogP contribution in [0.1, 0.15) is 30.0 Å². The third kappa shape index (κ3) is 3.22. The summed E-state index contributed by atoms with van der Waals surface area (Å²) in [5.74, 6) is 0.905. The van der Waals surface area contributed by atoms with Crippen molar-refractivity contribution in [3.8, 4) is 5.75 Å². The second-order valence-electron chi connectivity index (χ2n) is 3.95. The van der Waals surface area contributed by atoms with Crippen LogP contribution in [-0.4, -0.2) is 25.9 Å². The molecule has 2 N–H and O–H groups in total. The Morgan fingerprint density at radius 1 is 1.44 bits per heavy atom. The highest BCUT2D eigenvalue weighted by Crippen LogP contribution is 2.28. The maximum Gasteiger partial charge on any atom is 0.123 e. The second kappa shape index (κ2) is 6.51. The predicted octanol–water partition coefficient (Wildman–Crippen LogP) is 2.04. The molecule has 3 heteroatoms. The topological polar surface area (TPSA) is 41.5 Å². The fourth-order valence-electron chi connectivity index (χ4n) is 1.88. The second-order valence-corrected chi connectivity index (χ2v) is 3.95. The molecule has 0 spiro atoms. The van der Waals surface area contributed by atoms with Gasteiger partial charge < -0.3 is 15.2 Å². The highest BCUT2D eigenvalue weighted by atomic mass is 16.5. The molecule has 0 saturated carbocycles. The SMILES string of the molecule is CNC(CCCO)c1cc(C)ccc1OC. The first-order valence-electron chi connectivity index (χ1n) is 5.65. The van der Waals surface area contributed by atoms with Crippen molar-refractivity contribution in [2.75, 3.05) is 20.8 Å². The van der Waals surface area contributed by atoms with Gasteiger partial charge in [0.05, 0.1) is 7.11 Å². The standard InChI is InChI=1S/C13H21NO2/c1-10-6-7-13(16-3)11(9-10)12(14-2)5-4-8-15/h6-7,9,12,14-15H,4-5,8H2,1-3H3. The van der Waals surface area contributed by atoms with Crippen molar-refractivity contribution < 1.29 is 9.84 Å². The molecule has 0 aliphatic heterocycles. The summed E-state index contributed by atoms with van der Waals surface area (Å²) in [6.45, 7) is 2.30. The van der Waals surface area contributed by atoms with Gasteiger partial charge in [0.15, 0.2) is 0 Å². The number of aliphatic hydroxyl groups is 1. The normalized spacial score (nSPS) is 12.5. The minimum Gasteiger partial charge on any atom is -0.496 e. The van der Waals surface area contributed by atoms with Crippen LogP contribution >= 0.6 is 0 Å². The molecule has 90 valence electrons. The van der Waals surface area contributed by atoms with E-state index in [2.05, 4.69) is 18.3 Å². The van der Waals surface area contributed by atoms with E-state index in [0.29, 0.717) is 0 Å². The van der Waals surface area contributed by atoms with Gasteiger partial charge in [-0.2, -0.15) is 0 Å². The highest BCUT2D eigenvalue weighted by molar-refractivity contribution is 5.39. The first kappa shape index (κ1) is 13.0. The number of benzene rings is 1. The Labute approximate surface area is 97.4 Å². The molecule has 3 nitrogen and oxygen atoms in total. The number of methoxy groups -OCH3 is 1. The van der Waals surface area contributed by atoms with Crippen LogP contribution in [0.2, 0.25) is 0 Å². The summed E-state index contributed by atoms with van der Waals surface area (Å²) in [6.07, 6.45) is 1.70. The van der Waals surface area contributed by atoms with E-state index in [1.165, 1.54) is 11.1 Å². The number of ether oxygens (including phenoxy) is 1. The van der Waals surface area contributed by atoms with Crippen LogP contribution in [0.25, 0.3) is 0 Å². The lowest BCUT2D eigenvalue weighted by molar-refractivity contribution is 0.275. The molecule has 1 aromatic rings. The first-order valence-corrected chi connectivity index (χ1v) is 5.65. The van der Waals surface area contributed by atoms with E-state index in [9.17, 15) is 0 Å². The molecule has 0 amide bonds. The van der Waals surface area contributed by atoms with Crippen molar-refractivity contribution in [2.24, 2.45) is 0 Å². The molecule has 1 unspecified atom stereocenters. The van der Waals surface area contributed by atoms with Gasteiger partial charge in [-0.25, -0.2) is 0 Å². The molecule has 0 heterocycles. The van der Waals surface area contributed by atoms with Crippen molar-refractivity contribution >= 4 is 0 Å². The Bertz CT molecular complexity index is 326. The summed E-state index contributed by atoms with van der Waals surface area (Å²) in [4.78, 5) is 0. The number of rotatable bonds is 6. The largest absolute Gasteiger partial charge is 0.496 e. The van der Waals surface area contributed by atoms with Gasteiger partial charge in [0.2, 0.25) is 0 Å². The zero-order valence-corrected chi connectivity index (χ0v) is 10.3. The molecule has 0 aliphatic rings. The number of hydrogen-bond donors (Lipinski definition) is 2.